The van der Waals surface area contributed by atoms with Crippen LogP contribution in [0.1, 0.15) is 16.8 Å². The van der Waals surface area contributed by atoms with E-state index in [0.717, 1.165) is 11.3 Å². The summed E-state index contributed by atoms with van der Waals surface area (Å²) in [5.74, 6) is 0.880. The van der Waals surface area contributed by atoms with E-state index < -0.39 is 0 Å². The predicted molar refractivity (Wildman–Crippen MR) is 77.3 cm³/mol. The van der Waals surface area contributed by atoms with Gasteiger partial charge in [0.1, 0.15) is 24.1 Å². The first-order valence-electron chi connectivity index (χ1n) is 6.54. The second-order valence-electron chi connectivity index (χ2n) is 4.46. The van der Waals surface area contributed by atoms with Crippen LogP contribution in [0.15, 0.2) is 42.6 Å². The Hall–Kier alpha value is -2.38. The van der Waals surface area contributed by atoms with Crippen molar-refractivity contribution in [1.82, 2.24) is 10.3 Å². The molecule has 0 unspecified atom stereocenters. The van der Waals surface area contributed by atoms with Crippen molar-refractivity contribution in [2.45, 2.75) is 13.5 Å². The van der Waals surface area contributed by atoms with Crippen LogP contribution < -0.4 is 10.1 Å². The second-order valence-corrected chi connectivity index (χ2v) is 4.46. The molecule has 2 rings (SSSR count). The number of benzene rings is 1. The largest absolute Gasteiger partial charge is 0.492 e. The smallest absolute Gasteiger partial charge is 0.144 e. The molecule has 1 N–H and O–H groups in total. The van der Waals surface area contributed by atoms with Crippen LogP contribution in [0, 0.1) is 18.3 Å². The predicted octanol–water partition coefficient (Wildman–Crippen LogP) is 2.43. The molecule has 0 aliphatic rings. The van der Waals surface area contributed by atoms with E-state index in [1.54, 1.807) is 6.20 Å². The molecule has 4 nitrogen and oxygen atoms in total. The Morgan fingerprint density at radius 3 is 3.00 bits per heavy atom. The van der Waals surface area contributed by atoms with E-state index in [1.807, 2.05) is 43.3 Å². The van der Waals surface area contributed by atoms with Crippen molar-refractivity contribution in [1.29, 1.82) is 5.26 Å². The number of nitriles is 1. The van der Waals surface area contributed by atoms with E-state index in [1.165, 1.54) is 5.56 Å². The van der Waals surface area contributed by atoms with E-state index in [2.05, 4.69) is 16.4 Å². The molecular formula is C16H17N3O. The molecular weight excluding hydrogens is 250 g/mol. The van der Waals surface area contributed by atoms with Crippen molar-refractivity contribution in [3.05, 3.63) is 59.4 Å². The van der Waals surface area contributed by atoms with E-state index in [9.17, 15) is 0 Å². The van der Waals surface area contributed by atoms with Crippen molar-refractivity contribution in [2.24, 2.45) is 0 Å². The fourth-order valence-corrected chi connectivity index (χ4v) is 1.85. The molecule has 0 fully saturated rings. The number of aryl methyl sites for hydroxylation is 1. The summed E-state index contributed by atoms with van der Waals surface area (Å²) in [4.78, 5) is 4.02. The Kier molecular flexibility index (Phi) is 5.10. The minimum Gasteiger partial charge on any atom is -0.492 e. The van der Waals surface area contributed by atoms with Crippen LogP contribution in [-0.2, 0) is 6.54 Å². The van der Waals surface area contributed by atoms with Gasteiger partial charge in [-0.05, 0) is 30.7 Å². The zero-order valence-corrected chi connectivity index (χ0v) is 11.5. The molecule has 1 aromatic heterocycles. The summed E-state index contributed by atoms with van der Waals surface area (Å²) in [5, 5.41) is 12.2. The number of hydrogen-bond donors (Lipinski definition) is 1. The van der Waals surface area contributed by atoms with Gasteiger partial charge < -0.3 is 10.1 Å². The minimum atomic E-state index is 0.472. The molecule has 0 bridgehead atoms. The van der Waals surface area contributed by atoms with Crippen LogP contribution in [0.4, 0.5) is 0 Å². The van der Waals surface area contributed by atoms with Crippen molar-refractivity contribution < 1.29 is 4.74 Å². The lowest BCUT2D eigenvalue weighted by Gasteiger charge is -2.08. The topological polar surface area (TPSA) is 57.9 Å². The first-order valence-corrected chi connectivity index (χ1v) is 6.54. The van der Waals surface area contributed by atoms with Crippen LogP contribution in [0.2, 0.25) is 0 Å². The van der Waals surface area contributed by atoms with Crippen molar-refractivity contribution >= 4 is 0 Å². The Bertz CT molecular complexity index is 605. The molecule has 20 heavy (non-hydrogen) atoms. The maximum Gasteiger partial charge on any atom is 0.144 e. The first kappa shape index (κ1) is 14.0. The lowest BCUT2D eigenvalue weighted by molar-refractivity contribution is 0.313. The molecule has 2 aromatic rings. The molecule has 0 spiro atoms. The molecule has 0 atom stereocenters. The molecule has 4 heteroatoms. The number of ether oxygens (including phenoxy) is 1. The highest BCUT2D eigenvalue weighted by molar-refractivity contribution is 5.30. The first-order chi connectivity index (χ1) is 9.79. The second kappa shape index (κ2) is 7.27. The van der Waals surface area contributed by atoms with Crippen LogP contribution in [-0.4, -0.2) is 18.1 Å². The van der Waals surface area contributed by atoms with Gasteiger partial charge in [0.2, 0.25) is 0 Å². The summed E-state index contributed by atoms with van der Waals surface area (Å²) in [5.41, 5.74) is 2.56. The average molecular weight is 267 g/mol. The van der Waals surface area contributed by atoms with E-state index in [0.29, 0.717) is 25.4 Å². The molecule has 0 aliphatic heterocycles. The Morgan fingerprint density at radius 2 is 2.20 bits per heavy atom. The van der Waals surface area contributed by atoms with E-state index in [-0.39, 0.29) is 0 Å². The number of nitrogens with zero attached hydrogens (tertiary/aromatic N) is 2. The summed E-state index contributed by atoms with van der Waals surface area (Å²) in [7, 11) is 0. The third-order valence-electron chi connectivity index (χ3n) is 2.85. The van der Waals surface area contributed by atoms with Gasteiger partial charge in [0.05, 0.1) is 0 Å². The lowest BCUT2D eigenvalue weighted by Crippen LogP contribution is -2.21. The molecule has 0 aliphatic carbocycles. The molecule has 0 saturated carbocycles. The Balaban J connectivity index is 1.73. The normalized spacial score (nSPS) is 10.0. The number of hydrogen-bond acceptors (Lipinski definition) is 4. The SMILES string of the molecule is Cc1cccc(OCCNCc2cccnc2C#N)c1. The van der Waals surface area contributed by atoms with E-state index in [4.69, 9.17) is 10.00 Å². The summed E-state index contributed by atoms with van der Waals surface area (Å²) >= 11 is 0. The quantitative estimate of drug-likeness (QED) is 0.817. The highest BCUT2D eigenvalue weighted by atomic mass is 16.5. The zero-order valence-electron chi connectivity index (χ0n) is 11.5. The Labute approximate surface area is 119 Å². The summed E-state index contributed by atoms with van der Waals surface area (Å²) < 4.78 is 5.64. The van der Waals surface area contributed by atoms with Crippen LogP contribution in [0.3, 0.4) is 0 Å². The van der Waals surface area contributed by atoms with Gasteiger partial charge in [0, 0.05) is 24.8 Å². The fraction of sp³-hybridized carbons (Fsp3) is 0.250. The van der Waals surface area contributed by atoms with E-state index >= 15 is 0 Å². The van der Waals surface area contributed by atoms with Crippen molar-refractivity contribution in [3.8, 4) is 11.8 Å². The highest BCUT2D eigenvalue weighted by Gasteiger charge is 2.01. The lowest BCUT2D eigenvalue weighted by atomic mass is 10.2. The third-order valence-corrected chi connectivity index (χ3v) is 2.85. The maximum atomic E-state index is 8.93. The summed E-state index contributed by atoms with van der Waals surface area (Å²) in [6.07, 6.45) is 1.63. The summed E-state index contributed by atoms with van der Waals surface area (Å²) in [6, 6.07) is 13.8. The van der Waals surface area contributed by atoms with Gasteiger partial charge in [-0.1, -0.05) is 18.2 Å². The maximum absolute atomic E-state index is 8.93. The number of aromatic nitrogens is 1. The van der Waals surface area contributed by atoms with Crippen LogP contribution in [0.5, 0.6) is 5.75 Å². The highest BCUT2D eigenvalue weighted by Crippen LogP contribution is 2.11. The third kappa shape index (κ3) is 4.08. The van der Waals surface area contributed by atoms with Gasteiger partial charge in [-0.2, -0.15) is 5.26 Å². The van der Waals surface area contributed by atoms with Gasteiger partial charge in [-0.3, -0.25) is 0 Å². The van der Waals surface area contributed by atoms with Gasteiger partial charge >= 0.3 is 0 Å². The van der Waals surface area contributed by atoms with Gasteiger partial charge in [-0.25, -0.2) is 4.98 Å². The fourth-order valence-electron chi connectivity index (χ4n) is 1.85. The standard InChI is InChI=1S/C16H17N3O/c1-13-4-2-6-15(10-13)20-9-8-18-12-14-5-3-7-19-16(14)11-17/h2-7,10,18H,8-9,12H2,1H3. The number of rotatable bonds is 6. The monoisotopic (exact) mass is 267 g/mol. The molecule has 0 amide bonds. The average Bonchev–Trinajstić information content (AvgIpc) is 2.47. The van der Waals surface area contributed by atoms with Crippen molar-refractivity contribution in [2.75, 3.05) is 13.2 Å². The summed E-state index contributed by atoms with van der Waals surface area (Å²) in [6.45, 7) is 3.96. The molecule has 0 radical (unpaired) electrons. The molecule has 102 valence electrons. The van der Waals surface area contributed by atoms with Crippen LogP contribution in [0.25, 0.3) is 0 Å². The molecule has 1 heterocycles. The minimum absolute atomic E-state index is 0.472. The van der Waals surface area contributed by atoms with Gasteiger partial charge in [0.15, 0.2) is 0 Å². The zero-order chi connectivity index (χ0) is 14.2. The molecule has 1 aromatic carbocycles. The number of nitrogens with one attached hydrogen (secondary N) is 1. The van der Waals surface area contributed by atoms with Gasteiger partial charge in [-0.15, -0.1) is 0 Å². The Morgan fingerprint density at radius 1 is 1.30 bits per heavy atom. The molecule has 0 saturated heterocycles. The van der Waals surface area contributed by atoms with Crippen LogP contribution >= 0.6 is 0 Å². The van der Waals surface area contributed by atoms with Crippen molar-refractivity contribution in [3.63, 3.8) is 0 Å². The number of pyridine rings is 1. The van der Waals surface area contributed by atoms with Gasteiger partial charge in [0.25, 0.3) is 0 Å².